The maximum Gasteiger partial charge on any atom is 0.312 e. The van der Waals surface area contributed by atoms with Gasteiger partial charge in [-0.15, -0.1) is 5.11 Å². The van der Waals surface area contributed by atoms with Gasteiger partial charge >= 0.3 is 5.97 Å². The standard InChI is InChI=1S/C22H25N3O8/c1-25(2)24-23-13-7-3-11(4-8-13)16(26)12-5-9-14(10-6-12)33-21-18(28)15(22(31)32)17(27)19(29)20(21)30/h3-10,15,17-21,27-30H,1-2H3,(H,31,32)/b24-23+/t15-,17-,18?,19+,20-,21-/m0/s1. The van der Waals surface area contributed by atoms with Crippen molar-refractivity contribution in [1.82, 2.24) is 5.01 Å². The molecule has 1 unspecified atom stereocenters. The molecule has 0 bridgehead atoms. The van der Waals surface area contributed by atoms with Crippen LogP contribution in [0, 0.1) is 5.92 Å². The van der Waals surface area contributed by atoms with Crippen molar-refractivity contribution in [3.63, 3.8) is 0 Å². The molecule has 0 saturated heterocycles. The second-order valence-electron chi connectivity index (χ2n) is 7.85. The Morgan fingerprint density at radius 3 is 1.88 bits per heavy atom. The number of rotatable bonds is 7. The quantitative estimate of drug-likeness (QED) is 0.223. The number of benzene rings is 2. The molecule has 2 aromatic carbocycles. The zero-order valence-corrected chi connectivity index (χ0v) is 17.9. The molecular formula is C22H25N3O8. The van der Waals surface area contributed by atoms with Crippen LogP contribution in [0.4, 0.5) is 5.69 Å². The van der Waals surface area contributed by atoms with Gasteiger partial charge in [-0.05, 0) is 48.5 Å². The van der Waals surface area contributed by atoms with E-state index < -0.39 is 42.4 Å². The molecule has 1 aliphatic rings. The summed E-state index contributed by atoms with van der Waals surface area (Å²) in [6, 6.07) is 12.3. The summed E-state index contributed by atoms with van der Waals surface area (Å²) in [7, 11) is 3.47. The van der Waals surface area contributed by atoms with Crippen molar-refractivity contribution in [3.8, 4) is 5.75 Å². The lowest BCUT2D eigenvalue weighted by atomic mass is 9.78. The fourth-order valence-corrected chi connectivity index (χ4v) is 3.48. The topological polar surface area (TPSA) is 172 Å². The molecule has 0 aromatic heterocycles. The molecule has 6 atom stereocenters. The van der Waals surface area contributed by atoms with Gasteiger partial charge in [0.1, 0.15) is 30.0 Å². The molecule has 3 rings (SSSR count). The van der Waals surface area contributed by atoms with Crippen LogP contribution in [0.1, 0.15) is 15.9 Å². The SMILES string of the molecule is CN(C)/N=N/c1ccc(C(=O)c2ccc(O[C@H]3C(O)[C@@H](C(=O)O)[C@H](O)[C@@H](O)[C@@H]3O)cc2)cc1. The van der Waals surface area contributed by atoms with Gasteiger partial charge in [0, 0.05) is 25.2 Å². The van der Waals surface area contributed by atoms with Gasteiger partial charge in [0.15, 0.2) is 11.9 Å². The smallest absolute Gasteiger partial charge is 0.312 e. The molecule has 176 valence electrons. The molecule has 0 aliphatic heterocycles. The van der Waals surface area contributed by atoms with Crippen LogP contribution in [0.25, 0.3) is 0 Å². The van der Waals surface area contributed by atoms with Crippen LogP contribution >= 0.6 is 0 Å². The van der Waals surface area contributed by atoms with Crippen molar-refractivity contribution < 1.29 is 39.9 Å². The van der Waals surface area contributed by atoms with E-state index in [0.717, 1.165) is 0 Å². The summed E-state index contributed by atoms with van der Waals surface area (Å²) in [6.45, 7) is 0. The first-order valence-corrected chi connectivity index (χ1v) is 10.1. The summed E-state index contributed by atoms with van der Waals surface area (Å²) in [5.41, 5.74) is 1.35. The zero-order valence-electron chi connectivity index (χ0n) is 17.9. The van der Waals surface area contributed by atoms with Gasteiger partial charge < -0.3 is 30.3 Å². The monoisotopic (exact) mass is 459 g/mol. The third kappa shape index (κ3) is 5.34. The van der Waals surface area contributed by atoms with Gasteiger partial charge in [0.2, 0.25) is 0 Å². The van der Waals surface area contributed by atoms with Gasteiger partial charge in [0.25, 0.3) is 0 Å². The summed E-state index contributed by atoms with van der Waals surface area (Å²) in [4.78, 5) is 24.1. The number of nitrogens with zero attached hydrogens (tertiary/aromatic N) is 3. The fourth-order valence-electron chi connectivity index (χ4n) is 3.48. The predicted octanol–water partition coefficient (Wildman–Crippen LogP) is 0.383. The molecule has 1 fully saturated rings. The Bertz CT molecular complexity index is 1010. The summed E-state index contributed by atoms with van der Waals surface area (Å²) in [5, 5.41) is 58.9. The van der Waals surface area contributed by atoms with Gasteiger partial charge in [0.05, 0.1) is 11.8 Å². The summed E-state index contributed by atoms with van der Waals surface area (Å²) in [6.07, 6.45) is -8.69. The van der Waals surface area contributed by atoms with Crippen molar-refractivity contribution in [3.05, 3.63) is 59.7 Å². The summed E-state index contributed by atoms with van der Waals surface area (Å²) in [5.74, 6) is -3.42. The average Bonchev–Trinajstić information content (AvgIpc) is 2.79. The van der Waals surface area contributed by atoms with Crippen molar-refractivity contribution in [2.24, 2.45) is 16.3 Å². The van der Waals surface area contributed by atoms with Gasteiger partial charge in [-0.1, -0.05) is 5.22 Å². The van der Waals surface area contributed by atoms with Gasteiger partial charge in [-0.25, -0.2) is 0 Å². The van der Waals surface area contributed by atoms with Crippen molar-refractivity contribution >= 4 is 17.4 Å². The Balaban J connectivity index is 1.72. The number of aliphatic hydroxyl groups is 4. The first-order valence-electron chi connectivity index (χ1n) is 10.1. The molecule has 1 saturated carbocycles. The number of aliphatic carboxylic acids is 1. The molecule has 11 nitrogen and oxygen atoms in total. The third-order valence-electron chi connectivity index (χ3n) is 5.25. The highest BCUT2D eigenvalue weighted by Crippen LogP contribution is 2.30. The highest BCUT2D eigenvalue weighted by atomic mass is 16.5. The average molecular weight is 459 g/mol. The lowest BCUT2D eigenvalue weighted by molar-refractivity contribution is -0.206. The van der Waals surface area contributed by atoms with Crippen LogP contribution in [-0.2, 0) is 4.79 Å². The van der Waals surface area contributed by atoms with Crippen molar-refractivity contribution in [2.45, 2.75) is 30.5 Å². The highest BCUT2D eigenvalue weighted by molar-refractivity contribution is 6.09. The number of carbonyl (C=O) groups is 2. The molecular weight excluding hydrogens is 434 g/mol. The first kappa shape index (κ1) is 24.3. The van der Waals surface area contributed by atoms with Crippen LogP contribution < -0.4 is 4.74 Å². The lowest BCUT2D eigenvalue weighted by Gasteiger charge is -2.42. The Hall–Kier alpha value is -3.38. The molecule has 5 N–H and O–H groups in total. The van der Waals surface area contributed by atoms with Crippen LogP contribution in [0.15, 0.2) is 58.9 Å². The van der Waals surface area contributed by atoms with E-state index in [0.29, 0.717) is 16.8 Å². The van der Waals surface area contributed by atoms with E-state index in [-0.39, 0.29) is 11.5 Å². The molecule has 2 aromatic rings. The number of ketones is 1. The summed E-state index contributed by atoms with van der Waals surface area (Å²) < 4.78 is 5.51. The number of carboxylic acid groups (broad SMARTS) is 1. The molecule has 0 heterocycles. The third-order valence-corrected chi connectivity index (χ3v) is 5.25. The second-order valence-corrected chi connectivity index (χ2v) is 7.85. The number of ether oxygens (including phenoxy) is 1. The zero-order chi connectivity index (χ0) is 24.3. The molecule has 0 radical (unpaired) electrons. The second kappa shape index (κ2) is 10.0. The maximum atomic E-state index is 12.7. The molecule has 11 heteroatoms. The minimum Gasteiger partial charge on any atom is -0.485 e. The number of aliphatic hydroxyl groups excluding tert-OH is 4. The van der Waals surface area contributed by atoms with E-state index >= 15 is 0 Å². The Labute approximate surface area is 189 Å². The largest absolute Gasteiger partial charge is 0.485 e. The first-order chi connectivity index (χ1) is 15.6. The maximum absolute atomic E-state index is 12.7. The van der Waals surface area contributed by atoms with Crippen LogP contribution in [-0.4, -0.2) is 86.9 Å². The van der Waals surface area contributed by atoms with E-state index in [2.05, 4.69) is 10.3 Å². The van der Waals surface area contributed by atoms with Crippen molar-refractivity contribution in [1.29, 1.82) is 0 Å². The minimum absolute atomic E-state index is 0.127. The van der Waals surface area contributed by atoms with Gasteiger partial charge in [-0.2, -0.15) is 0 Å². The highest BCUT2D eigenvalue weighted by Gasteiger charge is 2.53. The number of carboxylic acids is 1. The Morgan fingerprint density at radius 1 is 0.818 bits per heavy atom. The van der Waals surface area contributed by atoms with Crippen LogP contribution in [0.2, 0.25) is 0 Å². The minimum atomic E-state index is -1.86. The predicted molar refractivity (Wildman–Crippen MR) is 114 cm³/mol. The van der Waals surface area contributed by atoms with E-state index in [9.17, 15) is 35.1 Å². The number of carbonyl (C=O) groups excluding carboxylic acids is 1. The molecule has 0 amide bonds. The summed E-state index contributed by atoms with van der Waals surface area (Å²) >= 11 is 0. The van der Waals surface area contributed by atoms with E-state index in [1.807, 2.05) is 0 Å². The molecule has 33 heavy (non-hydrogen) atoms. The Kier molecular flexibility index (Phi) is 7.39. The van der Waals surface area contributed by atoms with Crippen LogP contribution in [0.3, 0.4) is 0 Å². The number of hydrogen-bond donors (Lipinski definition) is 5. The van der Waals surface area contributed by atoms with Crippen LogP contribution in [0.5, 0.6) is 5.75 Å². The normalized spacial score (nSPS) is 27.3. The molecule has 1 aliphatic carbocycles. The van der Waals surface area contributed by atoms with Crippen molar-refractivity contribution in [2.75, 3.05) is 14.1 Å². The lowest BCUT2D eigenvalue weighted by Crippen LogP contribution is -2.64. The van der Waals surface area contributed by atoms with E-state index in [4.69, 9.17) is 4.74 Å². The molecule has 0 spiro atoms. The van der Waals surface area contributed by atoms with Gasteiger partial charge in [-0.3, -0.25) is 14.6 Å². The fraction of sp³-hybridized carbons (Fsp3) is 0.364. The number of hydrogen-bond acceptors (Lipinski definition) is 9. The Morgan fingerprint density at radius 2 is 1.36 bits per heavy atom. The van der Waals surface area contributed by atoms with E-state index in [1.54, 1.807) is 43.4 Å². The van der Waals surface area contributed by atoms with E-state index in [1.165, 1.54) is 24.3 Å².